The molecule has 2 heterocycles. The zero-order chi connectivity index (χ0) is 14.0. The summed E-state index contributed by atoms with van der Waals surface area (Å²) in [5.74, 6) is -1.94. The number of nitrogens with one attached hydrogen (secondary N) is 1. The number of aromatic nitrogens is 2. The van der Waals surface area contributed by atoms with Crippen LogP contribution < -0.4 is 5.32 Å². The van der Waals surface area contributed by atoms with Crippen LogP contribution in [0.1, 0.15) is 17.4 Å². The fourth-order valence-corrected chi connectivity index (χ4v) is 1.46. The molecule has 19 heavy (non-hydrogen) atoms. The maximum atomic E-state index is 11.8. The molecule has 0 aliphatic carbocycles. The van der Waals surface area contributed by atoms with Gasteiger partial charge in [0.15, 0.2) is 5.60 Å². The van der Waals surface area contributed by atoms with Crippen LogP contribution in [0.3, 0.4) is 0 Å². The monoisotopic (exact) mass is 263 g/mol. The van der Waals surface area contributed by atoms with E-state index in [1.54, 1.807) is 28.8 Å². The zero-order valence-electron chi connectivity index (χ0n) is 10.2. The molecular formula is C12H13N3O4. The van der Waals surface area contributed by atoms with Crippen molar-refractivity contribution in [3.8, 4) is 0 Å². The second-order valence-electron chi connectivity index (χ2n) is 4.35. The van der Waals surface area contributed by atoms with Crippen molar-refractivity contribution in [1.29, 1.82) is 0 Å². The summed E-state index contributed by atoms with van der Waals surface area (Å²) in [6.07, 6.45) is 3.27. The summed E-state index contributed by atoms with van der Waals surface area (Å²) in [6.45, 7) is 0.717. The second kappa shape index (κ2) is 4.69. The van der Waals surface area contributed by atoms with Crippen molar-refractivity contribution in [2.24, 2.45) is 0 Å². The number of carbonyl (C=O) groups excluding carboxylic acids is 1. The summed E-state index contributed by atoms with van der Waals surface area (Å²) in [5, 5.41) is 20.5. The number of nitrogens with zero attached hydrogens (tertiary/aromatic N) is 2. The summed E-state index contributed by atoms with van der Waals surface area (Å²) in [7, 11) is 0. The van der Waals surface area contributed by atoms with E-state index in [0.29, 0.717) is 5.65 Å². The van der Waals surface area contributed by atoms with Crippen molar-refractivity contribution in [2.45, 2.75) is 12.5 Å². The lowest BCUT2D eigenvalue weighted by Gasteiger charge is -2.17. The lowest BCUT2D eigenvalue weighted by atomic mass is 10.1. The van der Waals surface area contributed by atoms with Gasteiger partial charge in [0.25, 0.3) is 5.91 Å². The molecule has 2 aromatic rings. The summed E-state index contributed by atoms with van der Waals surface area (Å²) in [5.41, 5.74) is -1.24. The first-order chi connectivity index (χ1) is 8.90. The number of aliphatic carboxylic acids is 1. The van der Waals surface area contributed by atoms with E-state index in [9.17, 15) is 14.7 Å². The van der Waals surface area contributed by atoms with E-state index in [-0.39, 0.29) is 5.69 Å². The molecule has 0 saturated heterocycles. The van der Waals surface area contributed by atoms with Crippen molar-refractivity contribution in [1.82, 2.24) is 14.7 Å². The fraction of sp³-hybridized carbons (Fsp3) is 0.250. The van der Waals surface area contributed by atoms with Gasteiger partial charge in [0.05, 0.1) is 6.54 Å². The number of amides is 1. The molecule has 100 valence electrons. The minimum Gasteiger partial charge on any atom is -0.479 e. The maximum Gasteiger partial charge on any atom is 0.337 e. The standard InChI is InChI=1S/C12H13N3O4/c1-12(19,11(17)18)7-13-10(16)8-6-15-5-3-2-4-9(15)14-8/h2-6,19H,7H2,1H3,(H,13,16)(H,17,18). The van der Waals surface area contributed by atoms with Gasteiger partial charge in [0, 0.05) is 12.4 Å². The molecule has 7 nitrogen and oxygen atoms in total. The maximum absolute atomic E-state index is 11.8. The molecule has 0 aromatic carbocycles. The molecule has 0 aliphatic heterocycles. The molecule has 0 radical (unpaired) electrons. The summed E-state index contributed by atoms with van der Waals surface area (Å²) in [4.78, 5) is 26.6. The van der Waals surface area contributed by atoms with Crippen molar-refractivity contribution >= 4 is 17.5 Å². The topological polar surface area (TPSA) is 104 Å². The number of carboxylic acid groups (broad SMARTS) is 1. The molecule has 0 saturated carbocycles. The molecule has 0 aliphatic rings. The highest BCUT2D eigenvalue weighted by Gasteiger charge is 2.30. The number of hydrogen-bond donors (Lipinski definition) is 3. The minimum absolute atomic E-state index is 0.160. The Morgan fingerprint density at radius 2 is 2.21 bits per heavy atom. The van der Waals surface area contributed by atoms with Crippen LogP contribution in [0.5, 0.6) is 0 Å². The molecule has 1 amide bonds. The number of imidazole rings is 1. The average Bonchev–Trinajstić information content (AvgIpc) is 2.79. The molecule has 0 spiro atoms. The van der Waals surface area contributed by atoms with Gasteiger partial charge in [-0.1, -0.05) is 6.07 Å². The number of rotatable bonds is 4. The number of fused-ring (bicyclic) bond motifs is 1. The van der Waals surface area contributed by atoms with Crippen molar-refractivity contribution in [3.63, 3.8) is 0 Å². The summed E-state index contributed by atoms with van der Waals surface area (Å²) < 4.78 is 1.67. The highest BCUT2D eigenvalue weighted by atomic mass is 16.4. The van der Waals surface area contributed by atoms with Gasteiger partial charge < -0.3 is 19.9 Å². The Morgan fingerprint density at radius 1 is 1.47 bits per heavy atom. The predicted octanol–water partition coefficient (Wildman–Crippen LogP) is -0.100. The first kappa shape index (κ1) is 13.0. The highest BCUT2D eigenvalue weighted by Crippen LogP contribution is 2.05. The number of pyridine rings is 1. The van der Waals surface area contributed by atoms with Crippen LogP contribution in [0, 0.1) is 0 Å². The lowest BCUT2D eigenvalue weighted by molar-refractivity contribution is -0.155. The van der Waals surface area contributed by atoms with E-state index >= 15 is 0 Å². The van der Waals surface area contributed by atoms with Gasteiger partial charge in [-0.3, -0.25) is 4.79 Å². The van der Waals surface area contributed by atoms with Crippen molar-refractivity contribution < 1.29 is 19.8 Å². The Bertz CT molecular complexity index is 600. The summed E-state index contributed by atoms with van der Waals surface area (Å²) >= 11 is 0. The molecule has 0 fully saturated rings. The Balaban J connectivity index is 2.10. The third-order valence-electron chi connectivity index (χ3n) is 2.65. The second-order valence-corrected chi connectivity index (χ2v) is 4.35. The largest absolute Gasteiger partial charge is 0.479 e. The van der Waals surface area contributed by atoms with Crippen LogP contribution in [-0.2, 0) is 4.79 Å². The van der Waals surface area contributed by atoms with Gasteiger partial charge >= 0.3 is 5.97 Å². The number of carbonyl (C=O) groups is 2. The fourth-order valence-electron chi connectivity index (χ4n) is 1.46. The Labute approximate surface area is 108 Å². The molecule has 1 unspecified atom stereocenters. The van der Waals surface area contributed by atoms with Crippen LogP contribution in [0.2, 0.25) is 0 Å². The smallest absolute Gasteiger partial charge is 0.337 e. The molecule has 0 bridgehead atoms. The first-order valence-electron chi connectivity index (χ1n) is 5.58. The molecule has 3 N–H and O–H groups in total. The molecule has 2 aromatic heterocycles. The van der Waals surface area contributed by atoms with Gasteiger partial charge in [-0.2, -0.15) is 0 Å². The molecule has 1 atom stereocenters. The van der Waals surface area contributed by atoms with Crippen molar-refractivity contribution in [2.75, 3.05) is 6.54 Å². The molecular weight excluding hydrogens is 250 g/mol. The van der Waals surface area contributed by atoms with E-state index in [1.807, 2.05) is 0 Å². The van der Waals surface area contributed by atoms with Crippen LogP contribution in [0.15, 0.2) is 30.6 Å². The van der Waals surface area contributed by atoms with Gasteiger partial charge in [-0.25, -0.2) is 9.78 Å². The van der Waals surface area contributed by atoms with Gasteiger partial charge in [-0.05, 0) is 19.1 Å². The minimum atomic E-state index is -2.01. The van der Waals surface area contributed by atoms with Crippen molar-refractivity contribution in [3.05, 3.63) is 36.3 Å². The first-order valence-corrected chi connectivity index (χ1v) is 5.58. The Morgan fingerprint density at radius 3 is 2.84 bits per heavy atom. The Hall–Kier alpha value is -2.41. The van der Waals surface area contributed by atoms with E-state index in [0.717, 1.165) is 6.92 Å². The number of aliphatic hydroxyl groups is 1. The van der Waals surface area contributed by atoms with Crippen LogP contribution in [0.25, 0.3) is 5.65 Å². The van der Waals surface area contributed by atoms with E-state index in [4.69, 9.17) is 5.11 Å². The highest BCUT2D eigenvalue weighted by molar-refractivity contribution is 5.93. The number of hydrogen-bond acceptors (Lipinski definition) is 4. The predicted molar refractivity (Wildman–Crippen MR) is 65.8 cm³/mol. The molecule has 2 rings (SSSR count). The number of carboxylic acids is 1. The zero-order valence-corrected chi connectivity index (χ0v) is 10.2. The Kier molecular flexibility index (Phi) is 3.22. The normalized spacial score (nSPS) is 14.0. The van der Waals surface area contributed by atoms with Gasteiger partial charge in [0.1, 0.15) is 11.3 Å². The SMILES string of the molecule is CC(O)(CNC(=O)c1cn2ccccc2n1)C(=O)O. The van der Waals surface area contributed by atoms with Gasteiger partial charge in [-0.15, -0.1) is 0 Å². The van der Waals surface area contributed by atoms with Gasteiger partial charge in [0.2, 0.25) is 0 Å². The van der Waals surface area contributed by atoms with Crippen LogP contribution in [-0.4, -0.2) is 43.6 Å². The third kappa shape index (κ3) is 2.71. The quantitative estimate of drug-likeness (QED) is 0.714. The van der Waals surface area contributed by atoms with E-state index in [2.05, 4.69) is 10.3 Å². The summed E-state index contributed by atoms with van der Waals surface area (Å²) in [6, 6.07) is 5.33. The van der Waals surface area contributed by atoms with Crippen LogP contribution in [0.4, 0.5) is 0 Å². The average molecular weight is 263 g/mol. The third-order valence-corrected chi connectivity index (χ3v) is 2.65. The van der Waals surface area contributed by atoms with E-state index in [1.165, 1.54) is 6.20 Å². The van der Waals surface area contributed by atoms with E-state index < -0.39 is 24.0 Å². The lowest BCUT2D eigenvalue weighted by Crippen LogP contribution is -2.46. The molecule has 7 heteroatoms. The van der Waals surface area contributed by atoms with Crippen LogP contribution >= 0.6 is 0 Å².